The third-order valence-electron chi connectivity index (χ3n) is 5.46. The zero-order chi connectivity index (χ0) is 21.8. The van der Waals surface area contributed by atoms with Crippen molar-refractivity contribution in [1.29, 1.82) is 0 Å². The summed E-state index contributed by atoms with van der Waals surface area (Å²) in [7, 11) is 0. The highest BCUT2D eigenvalue weighted by Crippen LogP contribution is 2.26. The van der Waals surface area contributed by atoms with E-state index in [1.165, 1.54) is 0 Å². The largest absolute Gasteiger partial charge is 0.392 e. The van der Waals surface area contributed by atoms with Crippen LogP contribution in [0, 0.1) is 11.7 Å². The fraction of sp³-hybridized carbons (Fsp3) is 0.348. The van der Waals surface area contributed by atoms with Crippen LogP contribution in [0.5, 0.6) is 0 Å². The molecule has 0 radical (unpaired) electrons. The fourth-order valence-corrected chi connectivity index (χ4v) is 4.03. The average Bonchev–Trinajstić information content (AvgIpc) is 3.14. The molecule has 0 saturated carbocycles. The monoisotopic (exact) mass is 438 g/mol. The molecule has 7 nitrogen and oxygen atoms in total. The van der Waals surface area contributed by atoms with Crippen LogP contribution in [-0.2, 0) is 22.7 Å². The van der Waals surface area contributed by atoms with Crippen molar-refractivity contribution in [3.63, 3.8) is 0 Å². The average molecular weight is 439 g/mol. The lowest BCUT2D eigenvalue weighted by molar-refractivity contribution is -0.135. The molecule has 1 aliphatic heterocycles. The van der Waals surface area contributed by atoms with E-state index in [0.29, 0.717) is 49.9 Å². The minimum Gasteiger partial charge on any atom is -0.392 e. The third kappa shape index (κ3) is 4.61. The van der Waals surface area contributed by atoms with E-state index in [4.69, 9.17) is 22.1 Å². The molecule has 0 aliphatic carbocycles. The molecule has 31 heavy (non-hydrogen) atoms. The maximum Gasteiger partial charge on any atom is 0.224 e. The predicted octanol–water partition coefficient (Wildman–Crippen LogP) is 3.12. The SMILES string of the molecule is Cc1ccc(-n2c(-c3ccccc3CO)nn(CCC(=O)N3CCOCC3)c2=S)cc1. The van der Waals surface area contributed by atoms with E-state index in [2.05, 4.69) is 0 Å². The van der Waals surface area contributed by atoms with E-state index in [-0.39, 0.29) is 12.5 Å². The standard InChI is InChI=1S/C23H26N4O3S/c1-17-6-8-19(9-7-17)27-22(20-5-3-2-4-18(20)16-28)24-26(23(27)31)11-10-21(29)25-12-14-30-15-13-25/h2-9,28H,10-16H2,1H3. The second-order valence-electron chi connectivity index (χ2n) is 7.56. The number of benzene rings is 2. The quantitative estimate of drug-likeness (QED) is 0.599. The maximum absolute atomic E-state index is 12.6. The number of rotatable bonds is 6. The molecule has 1 aromatic heterocycles. The van der Waals surface area contributed by atoms with Crippen LogP contribution in [0.15, 0.2) is 48.5 Å². The van der Waals surface area contributed by atoms with Gasteiger partial charge in [0.25, 0.3) is 0 Å². The lowest BCUT2D eigenvalue weighted by atomic mass is 10.1. The van der Waals surface area contributed by atoms with Gasteiger partial charge in [0.05, 0.1) is 26.4 Å². The van der Waals surface area contributed by atoms with Crippen molar-refractivity contribution in [3.05, 3.63) is 64.4 Å². The van der Waals surface area contributed by atoms with Gasteiger partial charge < -0.3 is 14.7 Å². The molecule has 4 rings (SSSR count). The van der Waals surface area contributed by atoms with Crippen molar-refractivity contribution in [1.82, 2.24) is 19.2 Å². The molecule has 1 fully saturated rings. The number of aromatic nitrogens is 3. The topological polar surface area (TPSA) is 72.5 Å². The Morgan fingerprint density at radius 2 is 1.84 bits per heavy atom. The van der Waals surface area contributed by atoms with E-state index in [0.717, 1.165) is 22.4 Å². The van der Waals surface area contributed by atoms with Gasteiger partial charge in [-0.05, 0) is 36.8 Å². The maximum atomic E-state index is 12.6. The highest BCUT2D eigenvalue weighted by Gasteiger charge is 2.20. The summed E-state index contributed by atoms with van der Waals surface area (Å²) < 4.78 is 9.45. The number of hydrogen-bond acceptors (Lipinski definition) is 5. The van der Waals surface area contributed by atoms with Gasteiger partial charge in [-0.25, -0.2) is 4.68 Å². The molecule has 0 atom stereocenters. The highest BCUT2D eigenvalue weighted by molar-refractivity contribution is 7.71. The normalized spacial score (nSPS) is 14.1. The number of carbonyl (C=O) groups excluding carboxylic acids is 1. The second kappa shape index (κ2) is 9.55. The van der Waals surface area contributed by atoms with Crippen LogP contribution >= 0.6 is 12.2 Å². The summed E-state index contributed by atoms with van der Waals surface area (Å²) in [5.74, 6) is 0.727. The fourth-order valence-electron chi connectivity index (χ4n) is 3.70. The first-order chi connectivity index (χ1) is 15.1. The highest BCUT2D eigenvalue weighted by atomic mass is 32.1. The molecule has 8 heteroatoms. The number of amides is 1. The van der Waals surface area contributed by atoms with Crippen LogP contribution in [0.4, 0.5) is 0 Å². The Labute approximate surface area is 186 Å². The van der Waals surface area contributed by atoms with Gasteiger partial charge in [-0.15, -0.1) is 0 Å². The van der Waals surface area contributed by atoms with E-state index < -0.39 is 0 Å². The van der Waals surface area contributed by atoms with Gasteiger partial charge in [-0.2, -0.15) is 5.10 Å². The molecule has 3 aromatic rings. The van der Waals surface area contributed by atoms with Gasteiger partial charge >= 0.3 is 0 Å². The molecular weight excluding hydrogens is 412 g/mol. The molecule has 2 aromatic carbocycles. The lowest BCUT2D eigenvalue weighted by Gasteiger charge is -2.26. The summed E-state index contributed by atoms with van der Waals surface area (Å²) in [5.41, 5.74) is 3.63. The van der Waals surface area contributed by atoms with Crippen LogP contribution in [0.3, 0.4) is 0 Å². The van der Waals surface area contributed by atoms with Crippen molar-refractivity contribution in [2.75, 3.05) is 26.3 Å². The molecule has 1 saturated heterocycles. The number of aryl methyl sites for hydroxylation is 2. The molecule has 0 spiro atoms. The van der Waals surface area contributed by atoms with E-state index in [1.54, 1.807) is 4.68 Å². The Bertz CT molecular complexity index is 1110. The van der Waals surface area contributed by atoms with Gasteiger partial charge in [0.2, 0.25) is 10.7 Å². The molecular formula is C23H26N4O3S. The lowest BCUT2D eigenvalue weighted by Crippen LogP contribution is -2.41. The van der Waals surface area contributed by atoms with E-state index >= 15 is 0 Å². The summed E-state index contributed by atoms with van der Waals surface area (Å²) in [4.78, 5) is 14.4. The number of carbonyl (C=O) groups is 1. The number of hydrogen-bond donors (Lipinski definition) is 1. The number of nitrogens with zero attached hydrogens (tertiary/aromatic N) is 4. The Balaban J connectivity index is 1.71. The van der Waals surface area contributed by atoms with Crippen molar-refractivity contribution in [3.8, 4) is 17.1 Å². The van der Waals surface area contributed by atoms with Crippen LogP contribution in [-0.4, -0.2) is 56.6 Å². The Kier molecular flexibility index (Phi) is 6.60. The van der Waals surface area contributed by atoms with Crippen LogP contribution < -0.4 is 0 Å². The molecule has 162 valence electrons. The van der Waals surface area contributed by atoms with Crippen LogP contribution in [0.1, 0.15) is 17.5 Å². The van der Waals surface area contributed by atoms with Crippen LogP contribution in [0.2, 0.25) is 0 Å². The molecule has 1 N–H and O–H groups in total. The molecule has 2 heterocycles. The molecule has 0 bridgehead atoms. The number of ether oxygens (including phenoxy) is 1. The van der Waals surface area contributed by atoms with Gasteiger partial charge in [-0.1, -0.05) is 42.0 Å². The van der Waals surface area contributed by atoms with Crippen LogP contribution in [0.25, 0.3) is 17.1 Å². The van der Waals surface area contributed by atoms with Gasteiger partial charge in [0.1, 0.15) is 0 Å². The molecule has 1 amide bonds. The first-order valence-electron chi connectivity index (χ1n) is 10.4. The number of morpholine rings is 1. The van der Waals surface area contributed by atoms with Gasteiger partial charge in [-0.3, -0.25) is 9.36 Å². The molecule has 0 unspecified atom stereocenters. The Morgan fingerprint density at radius 1 is 1.13 bits per heavy atom. The number of aliphatic hydroxyl groups excluding tert-OH is 1. The number of aliphatic hydroxyl groups is 1. The predicted molar refractivity (Wildman–Crippen MR) is 120 cm³/mol. The summed E-state index contributed by atoms with van der Waals surface area (Å²) >= 11 is 5.77. The van der Waals surface area contributed by atoms with Gasteiger partial charge in [0, 0.05) is 30.8 Å². The first-order valence-corrected chi connectivity index (χ1v) is 10.8. The Hall–Kier alpha value is -2.81. The summed E-state index contributed by atoms with van der Waals surface area (Å²) in [6.07, 6.45) is 0.320. The van der Waals surface area contributed by atoms with Crippen molar-refractivity contribution >= 4 is 18.1 Å². The summed E-state index contributed by atoms with van der Waals surface area (Å²) in [5, 5.41) is 14.6. The van der Waals surface area contributed by atoms with Crippen molar-refractivity contribution in [2.45, 2.75) is 26.5 Å². The Morgan fingerprint density at radius 3 is 2.55 bits per heavy atom. The smallest absolute Gasteiger partial charge is 0.224 e. The summed E-state index contributed by atoms with van der Waals surface area (Å²) in [6.45, 7) is 4.73. The van der Waals surface area contributed by atoms with E-state index in [1.807, 2.05) is 64.9 Å². The zero-order valence-electron chi connectivity index (χ0n) is 17.5. The first kappa shape index (κ1) is 21.4. The van der Waals surface area contributed by atoms with E-state index in [9.17, 15) is 9.90 Å². The second-order valence-corrected chi connectivity index (χ2v) is 7.92. The third-order valence-corrected chi connectivity index (χ3v) is 5.85. The van der Waals surface area contributed by atoms with Crippen molar-refractivity contribution < 1.29 is 14.6 Å². The summed E-state index contributed by atoms with van der Waals surface area (Å²) in [6, 6.07) is 15.7. The minimum absolute atomic E-state index is 0.0763. The minimum atomic E-state index is -0.0980. The van der Waals surface area contributed by atoms with Crippen molar-refractivity contribution in [2.24, 2.45) is 0 Å². The zero-order valence-corrected chi connectivity index (χ0v) is 18.3. The van der Waals surface area contributed by atoms with Gasteiger partial charge in [0.15, 0.2) is 5.82 Å². The molecule has 1 aliphatic rings.